The van der Waals surface area contributed by atoms with Crippen LogP contribution in [0, 0.1) is 0 Å². The van der Waals surface area contributed by atoms with Gasteiger partial charge < -0.3 is 10.2 Å². The average molecular weight is 335 g/mol. The van der Waals surface area contributed by atoms with Crippen molar-refractivity contribution in [3.63, 3.8) is 0 Å². The van der Waals surface area contributed by atoms with Crippen molar-refractivity contribution in [3.05, 3.63) is 108 Å². The molecule has 2 aliphatic heterocycles. The lowest BCUT2D eigenvalue weighted by molar-refractivity contribution is 1.24. The van der Waals surface area contributed by atoms with E-state index in [0.717, 1.165) is 39.7 Å². The number of allylic oxidation sites excluding steroid dienone is 1. The third kappa shape index (κ3) is 2.50. The summed E-state index contributed by atoms with van der Waals surface area (Å²) in [5.41, 5.74) is 7.36. The highest BCUT2D eigenvalue weighted by molar-refractivity contribution is 6.19. The largest absolute Gasteiger partial charge is 0.351 e. The Morgan fingerprint density at radius 2 is 1.42 bits per heavy atom. The summed E-state index contributed by atoms with van der Waals surface area (Å²) in [5, 5.41) is 3.51. The lowest BCUT2D eigenvalue weighted by atomic mass is 10.0. The maximum Gasteiger partial charge on any atom is 0.0909 e. The van der Waals surface area contributed by atoms with E-state index in [4.69, 9.17) is 4.99 Å². The summed E-state index contributed by atoms with van der Waals surface area (Å²) in [6, 6.07) is 28.9. The van der Waals surface area contributed by atoms with Gasteiger partial charge in [-0.3, -0.25) is 0 Å². The maximum atomic E-state index is 4.85. The molecule has 0 saturated heterocycles. The quantitative estimate of drug-likeness (QED) is 0.661. The predicted molar refractivity (Wildman–Crippen MR) is 109 cm³/mol. The average Bonchev–Trinajstić information content (AvgIpc) is 2.72. The van der Waals surface area contributed by atoms with Crippen LogP contribution in [-0.4, -0.2) is 5.71 Å². The summed E-state index contributed by atoms with van der Waals surface area (Å²) >= 11 is 0. The lowest BCUT2D eigenvalue weighted by Crippen LogP contribution is -2.26. The lowest BCUT2D eigenvalue weighted by Gasteiger charge is -2.31. The molecule has 1 N–H and O–H groups in total. The summed E-state index contributed by atoms with van der Waals surface area (Å²) in [6.45, 7) is 0. The maximum absolute atomic E-state index is 4.85. The number of nitrogens with one attached hydrogen (secondary N) is 1. The zero-order valence-electron chi connectivity index (χ0n) is 14.1. The molecule has 5 rings (SSSR count). The fourth-order valence-corrected chi connectivity index (χ4v) is 3.32. The minimum absolute atomic E-state index is 0.953. The van der Waals surface area contributed by atoms with Crippen LogP contribution in [0.2, 0.25) is 0 Å². The molecule has 3 nitrogen and oxygen atoms in total. The van der Waals surface area contributed by atoms with Gasteiger partial charge in [0.2, 0.25) is 0 Å². The van der Waals surface area contributed by atoms with Crippen molar-refractivity contribution in [2.45, 2.75) is 0 Å². The number of aliphatic imine (C=N–C) groups is 1. The highest BCUT2D eigenvalue weighted by atomic mass is 15.2. The standard InChI is InChI=1S/C23H17N3/c1-3-9-17(10-4-1)23-15-21-22(16-26(23)18-11-5-2-6-12-18)25-20-14-8-7-13-19(20)24-21/h1-16,25H. The summed E-state index contributed by atoms with van der Waals surface area (Å²) in [6.07, 6.45) is 4.28. The molecular formula is C23H17N3. The Hall–Kier alpha value is -3.59. The fraction of sp³-hybridized carbons (Fsp3) is 0. The van der Waals surface area contributed by atoms with Crippen LogP contribution in [-0.2, 0) is 0 Å². The Labute approximate surface area is 152 Å². The molecule has 0 amide bonds. The van der Waals surface area contributed by atoms with Crippen LogP contribution in [0.25, 0.3) is 5.70 Å². The third-order valence-corrected chi connectivity index (χ3v) is 4.59. The zero-order chi connectivity index (χ0) is 17.3. The highest BCUT2D eigenvalue weighted by Crippen LogP contribution is 2.36. The SMILES string of the molecule is C1=C2Nc3ccccc3N=C2C=C(c2ccccc2)N1c1ccccc1. The van der Waals surface area contributed by atoms with Gasteiger partial charge in [0.05, 0.1) is 28.5 Å². The van der Waals surface area contributed by atoms with E-state index in [-0.39, 0.29) is 0 Å². The van der Waals surface area contributed by atoms with Crippen LogP contribution in [0.5, 0.6) is 0 Å². The van der Waals surface area contributed by atoms with Gasteiger partial charge in [-0.2, -0.15) is 0 Å². The van der Waals surface area contributed by atoms with E-state index in [1.54, 1.807) is 0 Å². The van der Waals surface area contributed by atoms with Gasteiger partial charge in [-0.05, 0) is 35.9 Å². The van der Waals surface area contributed by atoms with Crippen LogP contribution < -0.4 is 10.2 Å². The first-order valence-electron chi connectivity index (χ1n) is 8.67. The van der Waals surface area contributed by atoms with Crippen LogP contribution in [0.1, 0.15) is 5.56 Å². The van der Waals surface area contributed by atoms with Gasteiger partial charge >= 0.3 is 0 Å². The smallest absolute Gasteiger partial charge is 0.0909 e. The molecule has 0 atom stereocenters. The van der Waals surface area contributed by atoms with Gasteiger partial charge in [-0.25, -0.2) is 4.99 Å². The van der Waals surface area contributed by atoms with Crippen molar-refractivity contribution in [1.29, 1.82) is 0 Å². The van der Waals surface area contributed by atoms with Crippen LogP contribution in [0.15, 0.2) is 108 Å². The van der Waals surface area contributed by atoms with Crippen molar-refractivity contribution in [2.24, 2.45) is 4.99 Å². The van der Waals surface area contributed by atoms with Crippen molar-refractivity contribution in [3.8, 4) is 0 Å². The van der Waals surface area contributed by atoms with Crippen LogP contribution in [0.3, 0.4) is 0 Å². The number of hydrogen-bond acceptors (Lipinski definition) is 3. The van der Waals surface area contributed by atoms with E-state index < -0.39 is 0 Å². The summed E-state index contributed by atoms with van der Waals surface area (Å²) < 4.78 is 0. The van der Waals surface area contributed by atoms with E-state index in [9.17, 15) is 0 Å². The second-order valence-electron chi connectivity index (χ2n) is 6.28. The number of hydrogen-bond donors (Lipinski definition) is 1. The molecule has 0 unspecified atom stereocenters. The van der Waals surface area contributed by atoms with Crippen molar-refractivity contribution >= 4 is 28.5 Å². The molecule has 3 aromatic carbocycles. The van der Waals surface area contributed by atoms with Crippen LogP contribution >= 0.6 is 0 Å². The van der Waals surface area contributed by atoms with E-state index >= 15 is 0 Å². The molecule has 0 spiro atoms. The molecular weight excluding hydrogens is 318 g/mol. The summed E-state index contributed by atoms with van der Waals surface area (Å²) in [7, 11) is 0. The molecule has 124 valence electrons. The number of benzene rings is 3. The third-order valence-electron chi connectivity index (χ3n) is 4.59. The van der Waals surface area contributed by atoms with Crippen molar-refractivity contribution in [1.82, 2.24) is 0 Å². The molecule has 2 aliphatic rings. The molecule has 0 aromatic heterocycles. The predicted octanol–water partition coefficient (Wildman–Crippen LogP) is 5.59. The van der Waals surface area contributed by atoms with Gasteiger partial charge in [-0.1, -0.05) is 60.7 Å². The van der Waals surface area contributed by atoms with E-state index in [1.807, 2.05) is 30.3 Å². The van der Waals surface area contributed by atoms with Crippen molar-refractivity contribution in [2.75, 3.05) is 10.2 Å². The first-order chi connectivity index (χ1) is 12.9. The first-order valence-corrected chi connectivity index (χ1v) is 8.67. The van der Waals surface area contributed by atoms with Gasteiger partial charge in [0.1, 0.15) is 0 Å². The Bertz CT molecular complexity index is 1050. The first kappa shape index (κ1) is 14.7. The van der Waals surface area contributed by atoms with Crippen LogP contribution in [0.4, 0.5) is 17.1 Å². The molecule has 2 heterocycles. The second-order valence-corrected chi connectivity index (χ2v) is 6.28. The number of nitrogens with zero attached hydrogens (tertiary/aromatic N) is 2. The second kappa shape index (κ2) is 6.05. The van der Waals surface area contributed by atoms with E-state index in [0.29, 0.717) is 0 Å². The fourth-order valence-electron chi connectivity index (χ4n) is 3.32. The Morgan fingerprint density at radius 3 is 2.23 bits per heavy atom. The molecule has 0 saturated carbocycles. The normalized spacial score (nSPS) is 15.1. The van der Waals surface area contributed by atoms with Gasteiger partial charge in [0, 0.05) is 11.9 Å². The molecule has 0 fully saturated rings. The van der Waals surface area contributed by atoms with Gasteiger partial charge in [0.15, 0.2) is 0 Å². The highest BCUT2D eigenvalue weighted by Gasteiger charge is 2.24. The number of rotatable bonds is 2. The number of fused-ring (bicyclic) bond motifs is 2. The minimum atomic E-state index is 0.953. The molecule has 0 aliphatic carbocycles. The van der Waals surface area contributed by atoms with E-state index in [1.165, 1.54) is 0 Å². The Balaban J connectivity index is 1.68. The van der Waals surface area contributed by atoms with Gasteiger partial charge in [0.25, 0.3) is 0 Å². The topological polar surface area (TPSA) is 27.6 Å². The summed E-state index contributed by atoms with van der Waals surface area (Å²) in [4.78, 5) is 7.07. The Morgan fingerprint density at radius 1 is 0.731 bits per heavy atom. The minimum Gasteiger partial charge on any atom is -0.351 e. The van der Waals surface area contributed by atoms with Crippen molar-refractivity contribution < 1.29 is 0 Å². The zero-order valence-corrected chi connectivity index (χ0v) is 14.1. The number of anilines is 2. The molecule has 3 heteroatoms. The Kier molecular flexibility index (Phi) is 3.42. The van der Waals surface area contributed by atoms with Gasteiger partial charge in [-0.15, -0.1) is 0 Å². The number of para-hydroxylation sites is 3. The molecule has 0 bridgehead atoms. The molecule has 26 heavy (non-hydrogen) atoms. The van der Waals surface area contributed by atoms with E-state index in [2.05, 4.69) is 77.1 Å². The molecule has 3 aromatic rings. The summed E-state index contributed by atoms with van der Waals surface area (Å²) in [5.74, 6) is 0. The monoisotopic (exact) mass is 335 g/mol. The molecule has 0 radical (unpaired) electrons.